The highest BCUT2D eigenvalue weighted by Gasteiger charge is 2.21. The second-order valence-corrected chi connectivity index (χ2v) is 6.42. The van der Waals surface area contributed by atoms with E-state index in [9.17, 15) is 13.2 Å². The lowest BCUT2D eigenvalue weighted by molar-refractivity contribution is 0.136. The second kappa shape index (κ2) is 7.75. The molecule has 6 nitrogen and oxygen atoms in total. The van der Waals surface area contributed by atoms with E-state index in [-0.39, 0.29) is 6.61 Å². The van der Waals surface area contributed by atoms with Crippen molar-refractivity contribution in [2.24, 2.45) is 0 Å². The lowest BCUT2D eigenvalue weighted by Crippen LogP contribution is -2.33. The number of hydrogen-bond acceptors (Lipinski definition) is 4. The van der Waals surface area contributed by atoms with Crippen molar-refractivity contribution in [3.63, 3.8) is 0 Å². The fourth-order valence-electron chi connectivity index (χ4n) is 2.02. The first-order valence-corrected chi connectivity index (χ1v) is 8.52. The van der Waals surface area contributed by atoms with Gasteiger partial charge in [0.15, 0.2) is 0 Å². The summed E-state index contributed by atoms with van der Waals surface area (Å²) in [5.41, 5.74) is 1.37. The Labute approximate surface area is 134 Å². The number of hydrogen-bond donors (Lipinski definition) is 2. The summed E-state index contributed by atoms with van der Waals surface area (Å²) < 4.78 is 36.4. The monoisotopic (exact) mass is 335 g/mol. The summed E-state index contributed by atoms with van der Waals surface area (Å²) in [5.74, 6) is -0.628. The first-order valence-electron chi connectivity index (χ1n) is 6.91. The van der Waals surface area contributed by atoms with Crippen LogP contribution in [0.3, 0.4) is 0 Å². The Hall–Kier alpha value is -2.38. The number of rotatable bonds is 6. The standard InChI is InChI=1S/C16H17NO5S/c18-16(22-11-13-7-3-1-4-8-13)17-15(12-23(19,20)21)14-9-5-2-6-10-14/h1-10,15H,11-12H2,(H,17,18)(H,19,20,21)/t15-/m1/s1. The molecule has 7 heteroatoms. The molecule has 23 heavy (non-hydrogen) atoms. The number of carbonyl (C=O) groups excluding carboxylic acids is 1. The third-order valence-corrected chi connectivity index (χ3v) is 3.84. The minimum atomic E-state index is -4.25. The van der Waals surface area contributed by atoms with Crippen molar-refractivity contribution < 1.29 is 22.5 Å². The van der Waals surface area contributed by atoms with Crippen LogP contribution in [-0.2, 0) is 21.5 Å². The van der Waals surface area contributed by atoms with E-state index < -0.39 is 28.0 Å². The van der Waals surface area contributed by atoms with Crippen LogP contribution in [-0.4, -0.2) is 24.8 Å². The zero-order valence-electron chi connectivity index (χ0n) is 12.3. The minimum Gasteiger partial charge on any atom is -0.445 e. The molecule has 0 unspecified atom stereocenters. The van der Waals surface area contributed by atoms with E-state index in [1.165, 1.54) is 0 Å². The normalized spacial score (nSPS) is 12.4. The van der Waals surface area contributed by atoms with Crippen molar-refractivity contribution in [2.75, 3.05) is 5.75 Å². The highest BCUT2D eigenvalue weighted by atomic mass is 32.2. The Morgan fingerprint density at radius 1 is 1.04 bits per heavy atom. The molecule has 0 saturated heterocycles. The molecule has 2 aromatic rings. The van der Waals surface area contributed by atoms with E-state index in [2.05, 4.69) is 5.32 Å². The number of carbonyl (C=O) groups is 1. The van der Waals surface area contributed by atoms with Gasteiger partial charge in [-0.15, -0.1) is 0 Å². The van der Waals surface area contributed by atoms with Crippen LogP contribution in [0.5, 0.6) is 0 Å². The van der Waals surface area contributed by atoms with Crippen molar-refractivity contribution in [2.45, 2.75) is 12.6 Å². The number of ether oxygens (including phenoxy) is 1. The molecule has 0 bridgehead atoms. The van der Waals surface area contributed by atoms with Crippen molar-refractivity contribution >= 4 is 16.2 Å². The molecule has 0 fully saturated rings. The SMILES string of the molecule is O=C(N[C@H](CS(=O)(=O)O)c1ccccc1)OCc1ccccc1. The summed E-state index contributed by atoms with van der Waals surface area (Å²) in [6.07, 6.45) is -0.758. The summed E-state index contributed by atoms with van der Waals surface area (Å²) in [6, 6.07) is 16.7. The Morgan fingerprint density at radius 3 is 2.17 bits per heavy atom. The van der Waals surface area contributed by atoms with E-state index >= 15 is 0 Å². The molecule has 0 saturated carbocycles. The van der Waals surface area contributed by atoms with Crippen LogP contribution in [0.25, 0.3) is 0 Å². The van der Waals surface area contributed by atoms with Gasteiger partial charge in [-0.2, -0.15) is 8.42 Å². The molecule has 1 amide bonds. The molecule has 122 valence electrons. The summed E-state index contributed by atoms with van der Waals surface area (Å²) >= 11 is 0. The van der Waals surface area contributed by atoms with Crippen LogP contribution in [0, 0.1) is 0 Å². The molecule has 2 rings (SSSR count). The third-order valence-electron chi connectivity index (χ3n) is 3.08. The second-order valence-electron chi connectivity index (χ2n) is 4.92. The zero-order chi connectivity index (χ0) is 16.7. The Balaban J connectivity index is 2.01. The van der Waals surface area contributed by atoms with Crippen molar-refractivity contribution in [1.82, 2.24) is 5.32 Å². The van der Waals surface area contributed by atoms with Gasteiger partial charge in [0.1, 0.15) is 6.61 Å². The highest BCUT2D eigenvalue weighted by Crippen LogP contribution is 2.15. The van der Waals surface area contributed by atoms with Gasteiger partial charge in [-0.05, 0) is 11.1 Å². The maximum absolute atomic E-state index is 11.9. The Kier molecular flexibility index (Phi) is 5.72. The highest BCUT2D eigenvalue weighted by molar-refractivity contribution is 7.85. The predicted octanol–water partition coefficient (Wildman–Crippen LogP) is 2.54. The topological polar surface area (TPSA) is 92.7 Å². The van der Waals surface area contributed by atoms with Crippen LogP contribution in [0.15, 0.2) is 60.7 Å². The van der Waals surface area contributed by atoms with Gasteiger partial charge in [0.25, 0.3) is 10.1 Å². The Bertz CT molecular complexity index is 732. The number of alkyl carbamates (subject to hydrolysis) is 1. The van der Waals surface area contributed by atoms with E-state index in [1.807, 2.05) is 18.2 Å². The molecule has 2 N–H and O–H groups in total. The van der Waals surface area contributed by atoms with Gasteiger partial charge in [0.2, 0.25) is 0 Å². The maximum Gasteiger partial charge on any atom is 0.407 e. The van der Waals surface area contributed by atoms with Crippen LogP contribution < -0.4 is 5.32 Å². The lowest BCUT2D eigenvalue weighted by Gasteiger charge is -2.17. The van der Waals surface area contributed by atoms with Crippen LogP contribution in [0.1, 0.15) is 17.2 Å². The minimum absolute atomic E-state index is 0.0695. The first-order chi connectivity index (χ1) is 10.9. The summed E-state index contributed by atoms with van der Waals surface area (Å²) in [6.45, 7) is 0.0695. The van der Waals surface area contributed by atoms with Crippen molar-refractivity contribution in [1.29, 1.82) is 0 Å². The lowest BCUT2D eigenvalue weighted by atomic mass is 10.1. The van der Waals surface area contributed by atoms with E-state index in [0.29, 0.717) is 5.56 Å². The van der Waals surface area contributed by atoms with Gasteiger partial charge >= 0.3 is 6.09 Å². The van der Waals surface area contributed by atoms with E-state index in [4.69, 9.17) is 9.29 Å². The van der Waals surface area contributed by atoms with Crippen molar-refractivity contribution in [3.05, 3.63) is 71.8 Å². The molecular weight excluding hydrogens is 318 g/mol. The van der Waals surface area contributed by atoms with Crippen molar-refractivity contribution in [3.8, 4) is 0 Å². The quantitative estimate of drug-likeness (QED) is 0.791. The molecule has 0 heterocycles. The molecule has 1 atom stereocenters. The van der Waals surface area contributed by atoms with Gasteiger partial charge in [-0.1, -0.05) is 60.7 Å². The zero-order valence-corrected chi connectivity index (χ0v) is 13.1. The fraction of sp³-hybridized carbons (Fsp3) is 0.188. The molecule has 0 aliphatic carbocycles. The molecule has 2 aromatic carbocycles. The summed E-state index contributed by atoms with van der Waals surface area (Å²) in [5, 5.41) is 2.46. The van der Waals surface area contributed by atoms with Crippen LogP contribution in [0.4, 0.5) is 4.79 Å². The van der Waals surface area contributed by atoms with Gasteiger partial charge in [-0.25, -0.2) is 4.79 Å². The summed E-state index contributed by atoms with van der Waals surface area (Å²) in [7, 11) is -4.25. The number of amides is 1. The Morgan fingerprint density at radius 2 is 1.61 bits per heavy atom. The largest absolute Gasteiger partial charge is 0.445 e. The van der Waals surface area contributed by atoms with Crippen LogP contribution >= 0.6 is 0 Å². The maximum atomic E-state index is 11.9. The third kappa shape index (κ3) is 6.09. The average molecular weight is 335 g/mol. The first kappa shape index (κ1) is 17.0. The van der Waals surface area contributed by atoms with Gasteiger partial charge in [0, 0.05) is 0 Å². The predicted molar refractivity (Wildman–Crippen MR) is 85.4 cm³/mol. The van der Waals surface area contributed by atoms with Gasteiger partial charge < -0.3 is 10.1 Å². The molecule has 0 aliphatic rings. The van der Waals surface area contributed by atoms with Gasteiger partial charge in [-0.3, -0.25) is 4.55 Å². The van der Waals surface area contributed by atoms with E-state index in [1.54, 1.807) is 42.5 Å². The molecule has 0 spiro atoms. The van der Waals surface area contributed by atoms with E-state index in [0.717, 1.165) is 5.56 Å². The van der Waals surface area contributed by atoms with Gasteiger partial charge in [0.05, 0.1) is 11.8 Å². The number of benzene rings is 2. The van der Waals surface area contributed by atoms with Crippen LogP contribution in [0.2, 0.25) is 0 Å². The number of nitrogens with one attached hydrogen (secondary N) is 1. The molecule has 0 aromatic heterocycles. The fourth-order valence-corrected chi connectivity index (χ4v) is 2.72. The average Bonchev–Trinajstić information content (AvgIpc) is 2.53. The molecular formula is C16H17NO5S. The molecule has 0 radical (unpaired) electrons. The summed E-state index contributed by atoms with van der Waals surface area (Å²) in [4.78, 5) is 11.9. The smallest absolute Gasteiger partial charge is 0.407 e. The molecule has 0 aliphatic heterocycles.